The molecule has 1 unspecified atom stereocenters. The average Bonchev–Trinajstić information content (AvgIpc) is 2.36. The number of carbonyl (C=O) groups excluding carboxylic acids is 1. The zero-order chi connectivity index (χ0) is 14.5. The van der Waals surface area contributed by atoms with E-state index in [0.29, 0.717) is 5.69 Å². The molecule has 0 radical (unpaired) electrons. The van der Waals surface area contributed by atoms with Crippen molar-refractivity contribution in [3.8, 4) is 0 Å². The third-order valence-electron chi connectivity index (χ3n) is 4.33. The molecule has 2 aliphatic heterocycles. The van der Waals surface area contributed by atoms with Crippen LogP contribution in [0.5, 0.6) is 0 Å². The predicted octanol–water partition coefficient (Wildman–Crippen LogP) is 2.33. The normalized spacial score (nSPS) is 23.6. The molecule has 1 atom stereocenters. The molecule has 1 amide bonds. The van der Waals surface area contributed by atoms with Gasteiger partial charge in [-0.3, -0.25) is 4.79 Å². The lowest BCUT2D eigenvalue weighted by Gasteiger charge is -2.49. The highest BCUT2D eigenvalue weighted by atomic mass is 16.4. The number of carbonyl (C=O) groups is 2. The number of benzene rings is 1. The largest absolute Gasteiger partial charge is 0.478 e. The topological polar surface area (TPSA) is 69.6 Å². The van der Waals surface area contributed by atoms with Gasteiger partial charge in [-0.05, 0) is 36.5 Å². The maximum Gasteiger partial charge on any atom is 0.335 e. The predicted molar refractivity (Wildman–Crippen MR) is 76.2 cm³/mol. The highest BCUT2D eigenvalue weighted by Crippen LogP contribution is 2.43. The van der Waals surface area contributed by atoms with Gasteiger partial charge >= 0.3 is 5.97 Å². The Hall–Kier alpha value is -2.04. The number of fused-ring (bicyclic) bond motifs is 3. The van der Waals surface area contributed by atoms with Crippen molar-refractivity contribution in [1.29, 1.82) is 0 Å². The minimum atomic E-state index is -0.983. The summed E-state index contributed by atoms with van der Waals surface area (Å²) >= 11 is 0. The molecule has 0 aliphatic carbocycles. The van der Waals surface area contributed by atoms with E-state index < -0.39 is 5.97 Å². The maximum absolute atomic E-state index is 12.4. The van der Waals surface area contributed by atoms with Gasteiger partial charge in [0.05, 0.1) is 16.9 Å². The summed E-state index contributed by atoms with van der Waals surface area (Å²) in [5.74, 6) is -1.02. The fourth-order valence-electron chi connectivity index (χ4n) is 3.37. The van der Waals surface area contributed by atoms with Crippen LogP contribution in [0, 0.1) is 5.41 Å². The van der Waals surface area contributed by atoms with Crippen molar-refractivity contribution in [2.75, 3.05) is 16.8 Å². The van der Waals surface area contributed by atoms with Crippen LogP contribution in [0.3, 0.4) is 0 Å². The van der Waals surface area contributed by atoms with Gasteiger partial charge in [-0.1, -0.05) is 13.8 Å². The van der Waals surface area contributed by atoms with Gasteiger partial charge < -0.3 is 15.3 Å². The summed E-state index contributed by atoms with van der Waals surface area (Å²) in [4.78, 5) is 25.5. The molecule has 1 fully saturated rings. The molecule has 0 aromatic heterocycles. The SMILES string of the molecule is CC1(C)CCCN2c3ccc(C(=O)O)cc3NC(=O)C21. The summed E-state index contributed by atoms with van der Waals surface area (Å²) in [6, 6.07) is 4.75. The summed E-state index contributed by atoms with van der Waals surface area (Å²) in [6.45, 7) is 5.06. The van der Waals surface area contributed by atoms with Gasteiger partial charge in [0.25, 0.3) is 0 Å². The Kier molecular flexibility index (Phi) is 2.74. The molecule has 2 N–H and O–H groups in total. The van der Waals surface area contributed by atoms with Crippen LogP contribution in [-0.2, 0) is 4.79 Å². The molecular weight excluding hydrogens is 256 g/mol. The number of carboxylic acid groups (broad SMARTS) is 1. The molecule has 0 saturated carbocycles. The van der Waals surface area contributed by atoms with Crippen LogP contribution >= 0.6 is 0 Å². The Bertz CT molecular complexity index is 595. The van der Waals surface area contributed by atoms with Crippen LogP contribution in [0.2, 0.25) is 0 Å². The van der Waals surface area contributed by atoms with E-state index in [1.165, 1.54) is 6.07 Å². The number of piperidine rings is 1. The molecule has 20 heavy (non-hydrogen) atoms. The zero-order valence-electron chi connectivity index (χ0n) is 11.6. The van der Waals surface area contributed by atoms with Crippen molar-refractivity contribution < 1.29 is 14.7 Å². The summed E-state index contributed by atoms with van der Waals surface area (Å²) in [7, 11) is 0. The van der Waals surface area contributed by atoms with Crippen LogP contribution in [0.1, 0.15) is 37.0 Å². The van der Waals surface area contributed by atoms with E-state index in [9.17, 15) is 9.59 Å². The first-order valence-corrected chi connectivity index (χ1v) is 6.85. The minimum Gasteiger partial charge on any atom is -0.478 e. The first-order chi connectivity index (χ1) is 9.40. The van der Waals surface area contributed by atoms with Crippen molar-refractivity contribution in [2.24, 2.45) is 5.41 Å². The molecule has 5 nitrogen and oxygen atoms in total. The van der Waals surface area contributed by atoms with E-state index in [1.807, 2.05) is 0 Å². The molecule has 106 valence electrons. The second kappa shape index (κ2) is 4.23. The van der Waals surface area contributed by atoms with Gasteiger partial charge in [0, 0.05) is 6.54 Å². The second-order valence-corrected chi connectivity index (χ2v) is 6.21. The minimum absolute atomic E-state index is 0.0373. The highest BCUT2D eigenvalue weighted by molar-refractivity contribution is 6.05. The Balaban J connectivity index is 2.07. The first-order valence-electron chi connectivity index (χ1n) is 6.85. The van der Waals surface area contributed by atoms with Gasteiger partial charge in [-0.25, -0.2) is 4.79 Å². The highest BCUT2D eigenvalue weighted by Gasteiger charge is 2.45. The standard InChI is InChI=1S/C15H18N2O3/c1-15(2)6-3-7-17-11-5-4-9(14(19)20)8-10(11)16-13(18)12(15)17/h4-5,8,12H,3,6-7H2,1-2H3,(H,16,18)(H,19,20). The smallest absolute Gasteiger partial charge is 0.335 e. The molecule has 2 aliphatic rings. The van der Waals surface area contributed by atoms with Crippen LogP contribution in [0.15, 0.2) is 18.2 Å². The van der Waals surface area contributed by atoms with Crippen molar-refractivity contribution >= 4 is 23.3 Å². The second-order valence-electron chi connectivity index (χ2n) is 6.21. The number of hydrogen-bond donors (Lipinski definition) is 2. The van der Waals surface area contributed by atoms with Crippen LogP contribution in [0.4, 0.5) is 11.4 Å². The van der Waals surface area contributed by atoms with E-state index in [2.05, 4.69) is 24.1 Å². The fourth-order valence-corrected chi connectivity index (χ4v) is 3.37. The molecule has 1 aromatic carbocycles. The number of carboxylic acids is 1. The molecule has 0 spiro atoms. The van der Waals surface area contributed by atoms with Crippen molar-refractivity contribution in [2.45, 2.75) is 32.7 Å². The number of aromatic carboxylic acids is 1. The molecule has 0 bridgehead atoms. The maximum atomic E-state index is 12.4. The van der Waals surface area contributed by atoms with Gasteiger partial charge in [0.15, 0.2) is 0 Å². The average molecular weight is 274 g/mol. The van der Waals surface area contributed by atoms with E-state index in [-0.39, 0.29) is 22.9 Å². The van der Waals surface area contributed by atoms with E-state index in [0.717, 1.165) is 25.1 Å². The molecular formula is C15H18N2O3. The van der Waals surface area contributed by atoms with Crippen LogP contribution in [-0.4, -0.2) is 29.6 Å². The number of nitrogens with one attached hydrogen (secondary N) is 1. The Morgan fingerprint density at radius 2 is 2.20 bits per heavy atom. The molecule has 5 heteroatoms. The first kappa shape index (κ1) is 13.0. The van der Waals surface area contributed by atoms with E-state index in [4.69, 9.17) is 5.11 Å². The molecule has 1 aromatic rings. The van der Waals surface area contributed by atoms with E-state index in [1.54, 1.807) is 12.1 Å². The number of amides is 1. The molecule has 3 rings (SSSR count). The third kappa shape index (κ3) is 1.85. The summed E-state index contributed by atoms with van der Waals surface area (Å²) < 4.78 is 0. The Morgan fingerprint density at radius 3 is 2.90 bits per heavy atom. The Labute approximate surface area is 117 Å². The van der Waals surface area contributed by atoms with Gasteiger partial charge in [0.2, 0.25) is 5.91 Å². The summed E-state index contributed by atoms with van der Waals surface area (Å²) in [5.41, 5.74) is 1.64. The number of hydrogen-bond acceptors (Lipinski definition) is 3. The van der Waals surface area contributed by atoms with Gasteiger partial charge in [0.1, 0.15) is 6.04 Å². The van der Waals surface area contributed by atoms with Gasteiger partial charge in [-0.2, -0.15) is 0 Å². The van der Waals surface area contributed by atoms with E-state index >= 15 is 0 Å². The van der Waals surface area contributed by atoms with Crippen LogP contribution in [0.25, 0.3) is 0 Å². The lowest BCUT2D eigenvalue weighted by molar-refractivity contribution is -0.120. The van der Waals surface area contributed by atoms with Crippen molar-refractivity contribution in [1.82, 2.24) is 0 Å². The monoisotopic (exact) mass is 274 g/mol. The number of rotatable bonds is 1. The molecule has 2 heterocycles. The molecule has 1 saturated heterocycles. The number of nitrogens with zero attached hydrogens (tertiary/aromatic N) is 1. The summed E-state index contributed by atoms with van der Waals surface area (Å²) in [6.07, 6.45) is 2.06. The van der Waals surface area contributed by atoms with Gasteiger partial charge in [-0.15, -0.1) is 0 Å². The lowest BCUT2D eigenvalue weighted by atomic mass is 9.75. The van der Waals surface area contributed by atoms with Crippen LogP contribution < -0.4 is 10.2 Å². The number of anilines is 2. The quantitative estimate of drug-likeness (QED) is 0.824. The van der Waals surface area contributed by atoms with Crippen molar-refractivity contribution in [3.05, 3.63) is 23.8 Å². The fraction of sp³-hybridized carbons (Fsp3) is 0.467. The summed E-state index contributed by atoms with van der Waals surface area (Å²) in [5, 5.41) is 11.9. The Morgan fingerprint density at radius 1 is 1.45 bits per heavy atom. The zero-order valence-corrected chi connectivity index (χ0v) is 11.6. The third-order valence-corrected chi connectivity index (χ3v) is 4.33. The lowest BCUT2D eigenvalue weighted by Crippen LogP contribution is -2.58. The van der Waals surface area contributed by atoms with Crippen molar-refractivity contribution in [3.63, 3.8) is 0 Å².